The maximum Gasteiger partial charge on any atom is 0.244 e. The van der Waals surface area contributed by atoms with E-state index in [4.69, 9.17) is 11.6 Å². The van der Waals surface area contributed by atoms with Crippen molar-refractivity contribution in [3.8, 4) is 0 Å². The molecule has 0 bridgehead atoms. The van der Waals surface area contributed by atoms with Gasteiger partial charge in [-0.3, -0.25) is 13.9 Å². The van der Waals surface area contributed by atoms with Crippen molar-refractivity contribution in [2.45, 2.75) is 59.7 Å². The van der Waals surface area contributed by atoms with Crippen LogP contribution in [0.5, 0.6) is 0 Å². The molecule has 2 rings (SSSR count). The van der Waals surface area contributed by atoms with E-state index in [1.54, 1.807) is 19.1 Å². The molecule has 2 aromatic rings. The summed E-state index contributed by atoms with van der Waals surface area (Å²) in [6.45, 7) is 8.99. The third-order valence-electron chi connectivity index (χ3n) is 5.76. The molecule has 2 aromatic carbocycles. The monoisotopic (exact) mass is 507 g/mol. The summed E-state index contributed by atoms with van der Waals surface area (Å²) in [7, 11) is -3.80. The Morgan fingerprint density at radius 3 is 2.21 bits per heavy atom. The van der Waals surface area contributed by atoms with Crippen molar-refractivity contribution in [3.63, 3.8) is 0 Å². The zero-order chi connectivity index (χ0) is 25.6. The molecule has 0 fully saturated rings. The number of amides is 2. The number of benzene rings is 2. The molecule has 0 aromatic heterocycles. The molecule has 0 saturated carbocycles. The van der Waals surface area contributed by atoms with Crippen LogP contribution in [0.25, 0.3) is 0 Å². The zero-order valence-corrected chi connectivity index (χ0v) is 22.2. The van der Waals surface area contributed by atoms with Gasteiger partial charge in [0.2, 0.25) is 21.8 Å². The Morgan fingerprint density at radius 2 is 1.68 bits per heavy atom. The zero-order valence-electron chi connectivity index (χ0n) is 20.6. The molecular formula is C25H34ClN3O4S. The molecule has 186 valence electrons. The van der Waals surface area contributed by atoms with Gasteiger partial charge in [0.25, 0.3) is 0 Å². The molecule has 7 nitrogen and oxygen atoms in total. The molecule has 34 heavy (non-hydrogen) atoms. The Morgan fingerprint density at radius 1 is 1.06 bits per heavy atom. The Balaban J connectivity index is 2.39. The highest BCUT2D eigenvalue weighted by atomic mass is 35.5. The number of anilines is 1. The summed E-state index contributed by atoms with van der Waals surface area (Å²) < 4.78 is 26.2. The number of rotatable bonds is 10. The number of aryl methyl sites for hydroxylation is 2. The molecule has 2 amide bonds. The maximum atomic E-state index is 13.5. The number of halogens is 1. The highest BCUT2D eigenvalue weighted by Crippen LogP contribution is 2.25. The van der Waals surface area contributed by atoms with Crippen LogP contribution in [0.1, 0.15) is 43.9 Å². The van der Waals surface area contributed by atoms with Gasteiger partial charge in [0.05, 0.1) is 11.9 Å². The van der Waals surface area contributed by atoms with E-state index in [2.05, 4.69) is 5.32 Å². The third kappa shape index (κ3) is 7.46. The molecule has 2 unspecified atom stereocenters. The van der Waals surface area contributed by atoms with E-state index < -0.39 is 28.5 Å². The van der Waals surface area contributed by atoms with Crippen LogP contribution >= 0.6 is 11.6 Å². The van der Waals surface area contributed by atoms with Gasteiger partial charge >= 0.3 is 0 Å². The molecule has 0 aliphatic carbocycles. The third-order valence-corrected chi connectivity index (χ3v) is 7.31. The summed E-state index contributed by atoms with van der Waals surface area (Å²) in [6.07, 6.45) is 1.79. The number of carbonyl (C=O) groups excluding carboxylic acids is 2. The van der Waals surface area contributed by atoms with Gasteiger partial charge in [-0.2, -0.15) is 0 Å². The number of hydrogen-bond donors (Lipinski definition) is 1. The molecule has 0 aliphatic heterocycles. The lowest BCUT2D eigenvalue weighted by Crippen LogP contribution is -2.52. The van der Waals surface area contributed by atoms with E-state index in [1.165, 1.54) is 11.0 Å². The number of nitrogens with one attached hydrogen (secondary N) is 1. The van der Waals surface area contributed by atoms with Gasteiger partial charge in [0.1, 0.15) is 12.6 Å². The number of sulfonamides is 1. The lowest BCUT2D eigenvalue weighted by atomic mass is 10.1. The Bertz CT molecular complexity index is 1120. The van der Waals surface area contributed by atoms with Crippen LogP contribution in [0.3, 0.4) is 0 Å². The van der Waals surface area contributed by atoms with Gasteiger partial charge in [-0.1, -0.05) is 54.4 Å². The van der Waals surface area contributed by atoms with Crippen molar-refractivity contribution in [2.24, 2.45) is 0 Å². The molecular weight excluding hydrogens is 474 g/mol. The second-order valence-electron chi connectivity index (χ2n) is 8.70. The largest absolute Gasteiger partial charge is 0.352 e. The summed E-state index contributed by atoms with van der Waals surface area (Å²) in [5.41, 5.74) is 3.00. The fourth-order valence-electron chi connectivity index (χ4n) is 3.29. The highest BCUT2D eigenvalue weighted by Gasteiger charge is 2.30. The van der Waals surface area contributed by atoms with Gasteiger partial charge in [0.15, 0.2) is 0 Å². The highest BCUT2D eigenvalue weighted by molar-refractivity contribution is 7.92. The van der Waals surface area contributed by atoms with Crippen LogP contribution in [0.4, 0.5) is 5.69 Å². The minimum atomic E-state index is -3.80. The van der Waals surface area contributed by atoms with Gasteiger partial charge in [0, 0.05) is 17.6 Å². The second kappa shape index (κ2) is 11.7. The van der Waals surface area contributed by atoms with E-state index in [9.17, 15) is 18.0 Å². The smallest absolute Gasteiger partial charge is 0.244 e. The average molecular weight is 508 g/mol. The fraction of sp³-hybridized carbons (Fsp3) is 0.440. The van der Waals surface area contributed by atoms with Crippen molar-refractivity contribution in [2.75, 3.05) is 17.1 Å². The van der Waals surface area contributed by atoms with Crippen molar-refractivity contribution in [1.82, 2.24) is 10.2 Å². The first-order valence-corrected chi connectivity index (χ1v) is 13.4. The number of nitrogens with zero attached hydrogens (tertiary/aromatic N) is 2. The van der Waals surface area contributed by atoms with Crippen molar-refractivity contribution in [3.05, 3.63) is 64.2 Å². The topological polar surface area (TPSA) is 86.8 Å². The molecule has 1 N–H and O–H groups in total. The van der Waals surface area contributed by atoms with Crippen molar-refractivity contribution < 1.29 is 18.0 Å². The minimum Gasteiger partial charge on any atom is -0.352 e. The molecule has 0 heterocycles. The van der Waals surface area contributed by atoms with Crippen LogP contribution in [-0.4, -0.2) is 50.0 Å². The second-order valence-corrected chi connectivity index (χ2v) is 11.0. The van der Waals surface area contributed by atoms with Gasteiger partial charge in [-0.25, -0.2) is 8.42 Å². The lowest BCUT2D eigenvalue weighted by molar-refractivity contribution is -0.139. The quantitative estimate of drug-likeness (QED) is 0.525. The van der Waals surface area contributed by atoms with Crippen LogP contribution in [0.15, 0.2) is 42.5 Å². The van der Waals surface area contributed by atoms with Gasteiger partial charge in [-0.15, -0.1) is 0 Å². The molecule has 0 saturated heterocycles. The standard InChI is InChI=1S/C25H34ClN3O4S/c1-7-19(4)27-25(31)20(5)28(15-21-11-8-17(2)9-12-21)24(30)16-29(34(6,32)33)22-13-10-18(3)23(26)14-22/h8-14,19-20H,7,15-16H2,1-6H3,(H,27,31). The summed E-state index contributed by atoms with van der Waals surface area (Å²) in [5.74, 6) is -0.784. The van der Waals surface area contributed by atoms with E-state index >= 15 is 0 Å². The Hall–Kier alpha value is -2.58. The summed E-state index contributed by atoms with van der Waals surface area (Å²) in [5, 5.41) is 3.31. The molecule has 0 spiro atoms. The Labute approximate surface area is 208 Å². The van der Waals surface area contributed by atoms with E-state index in [1.807, 2.05) is 52.0 Å². The molecule has 2 atom stereocenters. The summed E-state index contributed by atoms with van der Waals surface area (Å²) >= 11 is 6.21. The minimum absolute atomic E-state index is 0.0477. The first-order chi connectivity index (χ1) is 15.8. The number of carbonyl (C=O) groups is 2. The van der Waals surface area contributed by atoms with Crippen LogP contribution in [-0.2, 0) is 26.2 Å². The van der Waals surface area contributed by atoms with Crippen molar-refractivity contribution in [1.29, 1.82) is 0 Å². The normalized spacial score (nSPS) is 13.1. The van der Waals surface area contributed by atoms with E-state index in [-0.39, 0.29) is 18.5 Å². The predicted molar refractivity (Wildman–Crippen MR) is 137 cm³/mol. The predicted octanol–water partition coefficient (Wildman–Crippen LogP) is 4.05. The average Bonchev–Trinajstić information content (AvgIpc) is 2.77. The van der Waals surface area contributed by atoms with E-state index in [0.717, 1.165) is 33.7 Å². The van der Waals surface area contributed by atoms with Crippen LogP contribution in [0.2, 0.25) is 5.02 Å². The van der Waals surface area contributed by atoms with Crippen LogP contribution in [0, 0.1) is 13.8 Å². The Kier molecular flexibility index (Phi) is 9.53. The molecule has 0 aliphatic rings. The van der Waals surface area contributed by atoms with Gasteiger partial charge in [-0.05, 0) is 57.4 Å². The van der Waals surface area contributed by atoms with Gasteiger partial charge < -0.3 is 10.2 Å². The molecule has 9 heteroatoms. The first-order valence-electron chi connectivity index (χ1n) is 11.2. The summed E-state index contributed by atoms with van der Waals surface area (Å²) in [6, 6.07) is 11.6. The maximum absolute atomic E-state index is 13.5. The van der Waals surface area contributed by atoms with Crippen LogP contribution < -0.4 is 9.62 Å². The van der Waals surface area contributed by atoms with Crippen molar-refractivity contribution >= 4 is 39.1 Å². The summed E-state index contributed by atoms with van der Waals surface area (Å²) in [4.78, 5) is 27.8. The number of hydrogen-bond acceptors (Lipinski definition) is 4. The first kappa shape index (κ1) is 27.7. The lowest BCUT2D eigenvalue weighted by Gasteiger charge is -2.32. The van der Waals surface area contributed by atoms with E-state index in [0.29, 0.717) is 10.7 Å². The SMILES string of the molecule is CCC(C)NC(=O)C(C)N(Cc1ccc(C)cc1)C(=O)CN(c1ccc(C)c(Cl)c1)S(C)(=O)=O. The molecule has 0 radical (unpaired) electrons. The fourth-order valence-corrected chi connectivity index (χ4v) is 4.31.